The van der Waals surface area contributed by atoms with E-state index in [9.17, 15) is 19.7 Å². The molecule has 1 fully saturated rings. The Morgan fingerprint density at radius 1 is 1.47 bits per heavy atom. The number of rotatable bonds is 4. The molecule has 9 nitrogen and oxygen atoms in total. The summed E-state index contributed by atoms with van der Waals surface area (Å²) in [5.74, 6) is -1.16. The van der Waals surface area contributed by atoms with Crippen LogP contribution in [0.2, 0.25) is 0 Å². The SMILES string of the molecule is C=CC=NN1C(=O)CN(c2ccc([N+](=O)[O-])o2)C1=O. The molecule has 1 aromatic heterocycles. The van der Waals surface area contributed by atoms with Crippen molar-refractivity contribution in [1.29, 1.82) is 0 Å². The number of urea groups is 1. The summed E-state index contributed by atoms with van der Waals surface area (Å²) < 4.78 is 4.86. The number of amides is 3. The molecule has 0 bridgehead atoms. The highest BCUT2D eigenvalue weighted by Gasteiger charge is 2.39. The third kappa shape index (κ3) is 2.20. The zero-order valence-electron chi connectivity index (χ0n) is 9.55. The molecule has 0 radical (unpaired) electrons. The second kappa shape index (κ2) is 4.72. The molecule has 3 amide bonds. The molecule has 0 N–H and O–H groups in total. The molecule has 1 aliphatic heterocycles. The van der Waals surface area contributed by atoms with E-state index in [1.54, 1.807) is 0 Å². The second-order valence-corrected chi connectivity index (χ2v) is 3.44. The minimum Gasteiger partial charge on any atom is -0.384 e. The van der Waals surface area contributed by atoms with Crippen molar-refractivity contribution < 1.29 is 18.9 Å². The van der Waals surface area contributed by atoms with E-state index in [-0.39, 0.29) is 12.4 Å². The molecule has 9 heteroatoms. The highest BCUT2D eigenvalue weighted by atomic mass is 16.6. The lowest BCUT2D eigenvalue weighted by Gasteiger charge is -2.09. The lowest BCUT2D eigenvalue weighted by Crippen LogP contribution is -2.29. The van der Waals surface area contributed by atoms with Crippen LogP contribution in [-0.2, 0) is 4.79 Å². The van der Waals surface area contributed by atoms with Crippen molar-refractivity contribution in [3.05, 3.63) is 34.9 Å². The Labute approximate surface area is 106 Å². The lowest BCUT2D eigenvalue weighted by atomic mass is 10.5. The maximum absolute atomic E-state index is 11.9. The fourth-order valence-corrected chi connectivity index (χ4v) is 1.45. The van der Waals surface area contributed by atoms with Crippen LogP contribution in [0.3, 0.4) is 0 Å². The second-order valence-electron chi connectivity index (χ2n) is 3.44. The zero-order valence-corrected chi connectivity index (χ0v) is 9.55. The predicted molar refractivity (Wildman–Crippen MR) is 63.6 cm³/mol. The standard InChI is InChI=1S/C10H8N4O5/c1-2-5-11-13-7(15)6-12(10(13)16)8-3-4-9(19-8)14(17)18/h2-5H,1,6H2. The number of hydrogen-bond donors (Lipinski definition) is 0. The molecular weight excluding hydrogens is 256 g/mol. The van der Waals surface area contributed by atoms with Crippen LogP contribution in [0.15, 0.2) is 34.3 Å². The van der Waals surface area contributed by atoms with Gasteiger partial charge in [0, 0.05) is 12.3 Å². The van der Waals surface area contributed by atoms with Crippen molar-refractivity contribution in [2.75, 3.05) is 11.4 Å². The quantitative estimate of drug-likeness (QED) is 0.350. The molecule has 0 spiro atoms. The van der Waals surface area contributed by atoms with Crippen LogP contribution in [0, 0.1) is 10.1 Å². The van der Waals surface area contributed by atoms with Crippen molar-refractivity contribution in [2.24, 2.45) is 5.10 Å². The van der Waals surface area contributed by atoms with E-state index < -0.39 is 22.7 Å². The van der Waals surface area contributed by atoms with Gasteiger partial charge in [-0.25, -0.2) is 4.79 Å². The van der Waals surface area contributed by atoms with E-state index in [0.29, 0.717) is 5.01 Å². The van der Waals surface area contributed by atoms with Crippen LogP contribution < -0.4 is 4.90 Å². The largest absolute Gasteiger partial charge is 0.434 e. The Morgan fingerprint density at radius 2 is 2.21 bits per heavy atom. The summed E-state index contributed by atoms with van der Waals surface area (Å²) in [5.41, 5.74) is 0. The Kier molecular flexibility index (Phi) is 3.10. The van der Waals surface area contributed by atoms with Crippen molar-refractivity contribution in [3.8, 4) is 0 Å². The normalized spacial score (nSPS) is 15.6. The van der Waals surface area contributed by atoms with E-state index >= 15 is 0 Å². The average Bonchev–Trinajstić information content (AvgIpc) is 2.94. The molecule has 1 aromatic rings. The third-order valence-electron chi connectivity index (χ3n) is 2.25. The number of hydrazone groups is 1. The first kappa shape index (κ1) is 12.5. The van der Waals surface area contributed by atoms with Gasteiger partial charge in [0.15, 0.2) is 0 Å². The summed E-state index contributed by atoms with van der Waals surface area (Å²) in [6.45, 7) is 3.07. The third-order valence-corrected chi connectivity index (χ3v) is 2.25. The Hall–Kier alpha value is -2.97. The van der Waals surface area contributed by atoms with Crippen LogP contribution in [0.5, 0.6) is 0 Å². The summed E-state index contributed by atoms with van der Waals surface area (Å²) in [6, 6.07) is 1.60. The maximum atomic E-state index is 11.9. The van der Waals surface area contributed by atoms with Gasteiger partial charge in [0.05, 0.1) is 6.07 Å². The molecular formula is C10H8N4O5. The molecule has 0 unspecified atom stereocenters. The summed E-state index contributed by atoms with van der Waals surface area (Å²) in [4.78, 5) is 34.1. The molecule has 19 heavy (non-hydrogen) atoms. The number of anilines is 1. The maximum Gasteiger partial charge on any atom is 0.434 e. The van der Waals surface area contributed by atoms with E-state index in [1.807, 2.05) is 0 Å². The van der Waals surface area contributed by atoms with E-state index in [2.05, 4.69) is 11.7 Å². The lowest BCUT2D eigenvalue weighted by molar-refractivity contribution is -0.401. The zero-order chi connectivity index (χ0) is 14.0. The highest BCUT2D eigenvalue weighted by Crippen LogP contribution is 2.27. The number of nitrogens with zero attached hydrogens (tertiary/aromatic N) is 4. The number of furan rings is 1. The minimum atomic E-state index is -0.743. The van der Waals surface area contributed by atoms with E-state index in [1.165, 1.54) is 18.4 Å². The molecule has 0 aliphatic carbocycles. The molecule has 1 aliphatic rings. The molecule has 0 atom stereocenters. The Balaban J connectivity index is 2.24. The van der Waals surface area contributed by atoms with Gasteiger partial charge in [-0.05, 0) is 6.08 Å². The van der Waals surface area contributed by atoms with Crippen molar-refractivity contribution in [2.45, 2.75) is 0 Å². The van der Waals surface area contributed by atoms with Gasteiger partial charge in [0.25, 0.3) is 5.91 Å². The van der Waals surface area contributed by atoms with Crippen LogP contribution >= 0.6 is 0 Å². The number of carbonyl (C=O) groups excluding carboxylic acids is 2. The topological polar surface area (TPSA) is 109 Å². The van der Waals surface area contributed by atoms with Crippen LogP contribution in [-0.4, -0.2) is 34.6 Å². The van der Waals surface area contributed by atoms with Crippen LogP contribution in [0.25, 0.3) is 0 Å². The van der Waals surface area contributed by atoms with Gasteiger partial charge >= 0.3 is 11.9 Å². The summed E-state index contributed by atoms with van der Waals surface area (Å²) in [7, 11) is 0. The summed E-state index contributed by atoms with van der Waals surface area (Å²) in [6.07, 6.45) is 2.49. The number of hydrogen-bond acceptors (Lipinski definition) is 6. The highest BCUT2D eigenvalue weighted by molar-refractivity contribution is 6.11. The summed E-state index contributed by atoms with van der Waals surface area (Å²) >= 11 is 0. The van der Waals surface area contributed by atoms with Gasteiger partial charge in [0.2, 0.25) is 5.88 Å². The molecule has 2 rings (SSSR count). The van der Waals surface area contributed by atoms with Crippen molar-refractivity contribution in [3.63, 3.8) is 0 Å². The van der Waals surface area contributed by atoms with Gasteiger partial charge in [-0.2, -0.15) is 5.10 Å². The Morgan fingerprint density at radius 3 is 2.79 bits per heavy atom. The van der Waals surface area contributed by atoms with E-state index in [0.717, 1.165) is 11.0 Å². The number of nitro groups is 1. The minimum absolute atomic E-state index is 0.0821. The smallest absolute Gasteiger partial charge is 0.384 e. The Bertz CT molecular complexity index is 590. The first-order valence-electron chi connectivity index (χ1n) is 5.08. The van der Waals surface area contributed by atoms with Crippen molar-refractivity contribution in [1.82, 2.24) is 5.01 Å². The van der Waals surface area contributed by atoms with Gasteiger partial charge < -0.3 is 4.42 Å². The number of imide groups is 1. The van der Waals surface area contributed by atoms with Gasteiger partial charge in [-0.1, -0.05) is 6.58 Å². The fraction of sp³-hybridized carbons (Fsp3) is 0.100. The predicted octanol–water partition coefficient (Wildman–Crippen LogP) is 1.13. The van der Waals surface area contributed by atoms with Gasteiger partial charge in [-0.3, -0.25) is 19.8 Å². The first-order chi connectivity index (χ1) is 9.04. The number of allylic oxidation sites excluding steroid dienone is 1. The van der Waals surface area contributed by atoms with Crippen LogP contribution in [0.4, 0.5) is 16.6 Å². The molecule has 2 heterocycles. The van der Waals surface area contributed by atoms with Gasteiger partial charge in [0.1, 0.15) is 11.5 Å². The average molecular weight is 264 g/mol. The monoisotopic (exact) mass is 264 g/mol. The molecule has 1 saturated heterocycles. The molecule has 0 aromatic carbocycles. The van der Waals surface area contributed by atoms with Crippen molar-refractivity contribution >= 4 is 29.9 Å². The van der Waals surface area contributed by atoms with Gasteiger partial charge in [-0.15, -0.1) is 5.01 Å². The molecule has 0 saturated carbocycles. The molecule has 98 valence electrons. The number of carbonyl (C=O) groups is 2. The summed E-state index contributed by atoms with van der Waals surface area (Å²) in [5, 5.41) is 14.7. The van der Waals surface area contributed by atoms with Crippen LogP contribution in [0.1, 0.15) is 0 Å². The fourth-order valence-electron chi connectivity index (χ4n) is 1.45. The van der Waals surface area contributed by atoms with E-state index in [4.69, 9.17) is 4.42 Å². The first-order valence-corrected chi connectivity index (χ1v) is 5.08.